The van der Waals surface area contributed by atoms with Gasteiger partial charge in [-0.25, -0.2) is 0 Å². The second-order valence-corrected chi connectivity index (χ2v) is 5.85. The van der Waals surface area contributed by atoms with Crippen LogP contribution >= 0.6 is 0 Å². The zero-order valence-electron chi connectivity index (χ0n) is 13.1. The maximum absolute atomic E-state index is 5.41. The quantitative estimate of drug-likeness (QED) is 0.594. The average Bonchev–Trinajstić information content (AvgIpc) is 2.41. The van der Waals surface area contributed by atoms with Crippen molar-refractivity contribution in [2.45, 2.75) is 40.0 Å². The van der Waals surface area contributed by atoms with Crippen LogP contribution in [0.2, 0.25) is 0 Å². The number of hydrogen-bond acceptors (Lipinski definition) is 2. The largest absolute Gasteiger partial charge is 0.381 e. The number of guanidine groups is 1. The first kappa shape index (κ1) is 16.3. The summed E-state index contributed by atoms with van der Waals surface area (Å²) in [5, 5.41) is 3.38. The van der Waals surface area contributed by atoms with Gasteiger partial charge in [0.25, 0.3) is 0 Å². The lowest BCUT2D eigenvalue weighted by atomic mass is 9.96. The van der Waals surface area contributed by atoms with Crippen molar-refractivity contribution in [3.8, 4) is 0 Å². The molecule has 1 heterocycles. The summed E-state index contributed by atoms with van der Waals surface area (Å²) in [5.74, 6) is 2.48. The third-order valence-electron chi connectivity index (χ3n) is 3.52. The number of ether oxygens (including phenoxy) is 1. The van der Waals surface area contributed by atoms with Crippen LogP contribution in [0.3, 0.4) is 0 Å². The molecule has 0 aliphatic carbocycles. The molecule has 0 amide bonds. The van der Waals surface area contributed by atoms with Crippen LogP contribution in [0.15, 0.2) is 4.99 Å². The van der Waals surface area contributed by atoms with Crippen molar-refractivity contribution in [2.75, 3.05) is 39.9 Å². The monoisotopic (exact) mass is 269 g/mol. The molecule has 1 aliphatic rings. The van der Waals surface area contributed by atoms with E-state index in [0.29, 0.717) is 5.92 Å². The molecule has 1 saturated heterocycles. The first-order chi connectivity index (χ1) is 9.13. The minimum Gasteiger partial charge on any atom is -0.381 e. The van der Waals surface area contributed by atoms with E-state index in [1.54, 1.807) is 0 Å². The van der Waals surface area contributed by atoms with Gasteiger partial charge in [0.05, 0.1) is 0 Å². The number of nitrogens with zero attached hydrogens (tertiary/aromatic N) is 2. The van der Waals surface area contributed by atoms with Crippen LogP contribution in [-0.4, -0.2) is 50.8 Å². The Labute approximate surface area is 118 Å². The van der Waals surface area contributed by atoms with Gasteiger partial charge in [-0.05, 0) is 38.0 Å². The van der Waals surface area contributed by atoms with Gasteiger partial charge in [-0.2, -0.15) is 0 Å². The van der Waals surface area contributed by atoms with Crippen molar-refractivity contribution < 1.29 is 4.74 Å². The maximum atomic E-state index is 5.41. The van der Waals surface area contributed by atoms with Crippen LogP contribution in [0, 0.1) is 11.8 Å². The Hall–Kier alpha value is -0.770. The summed E-state index contributed by atoms with van der Waals surface area (Å²) in [6, 6.07) is 0. The number of rotatable bonds is 6. The first-order valence-electron chi connectivity index (χ1n) is 7.70. The van der Waals surface area contributed by atoms with Crippen molar-refractivity contribution in [3.05, 3.63) is 0 Å². The number of hydrogen-bond donors (Lipinski definition) is 1. The fourth-order valence-electron chi connectivity index (χ4n) is 2.26. The molecule has 4 nitrogen and oxygen atoms in total. The van der Waals surface area contributed by atoms with Crippen LogP contribution in [0.25, 0.3) is 0 Å². The highest BCUT2D eigenvalue weighted by Gasteiger charge is 2.15. The Morgan fingerprint density at radius 3 is 2.63 bits per heavy atom. The minimum atomic E-state index is 0.609. The SMILES string of the molecule is CCNC(=NCC(C)C)N(C)CCC1CCOCC1. The fraction of sp³-hybridized carbons (Fsp3) is 0.933. The molecule has 0 atom stereocenters. The van der Waals surface area contributed by atoms with Crippen LogP contribution in [0.5, 0.6) is 0 Å². The van der Waals surface area contributed by atoms with Gasteiger partial charge in [0.2, 0.25) is 0 Å². The van der Waals surface area contributed by atoms with Gasteiger partial charge in [0, 0.05) is 39.9 Å². The molecule has 1 aliphatic heterocycles. The van der Waals surface area contributed by atoms with Gasteiger partial charge < -0.3 is 15.0 Å². The predicted octanol–water partition coefficient (Wildman–Crippen LogP) is 2.36. The Morgan fingerprint density at radius 2 is 2.05 bits per heavy atom. The molecule has 1 fully saturated rings. The van der Waals surface area contributed by atoms with Gasteiger partial charge in [-0.3, -0.25) is 4.99 Å². The topological polar surface area (TPSA) is 36.9 Å². The second-order valence-electron chi connectivity index (χ2n) is 5.85. The van der Waals surface area contributed by atoms with E-state index in [-0.39, 0.29) is 0 Å². The maximum Gasteiger partial charge on any atom is 0.193 e. The summed E-state index contributed by atoms with van der Waals surface area (Å²) in [7, 11) is 2.14. The van der Waals surface area contributed by atoms with Crippen LogP contribution in [0.1, 0.15) is 40.0 Å². The molecular weight excluding hydrogens is 238 g/mol. The number of nitrogens with one attached hydrogen (secondary N) is 1. The zero-order valence-corrected chi connectivity index (χ0v) is 13.1. The summed E-state index contributed by atoms with van der Waals surface area (Å²) >= 11 is 0. The van der Waals surface area contributed by atoms with Gasteiger partial charge in [0.15, 0.2) is 5.96 Å². The molecule has 0 saturated carbocycles. The molecule has 0 unspecified atom stereocenters. The summed E-state index contributed by atoms with van der Waals surface area (Å²) in [4.78, 5) is 6.95. The van der Waals surface area contributed by atoms with Crippen LogP contribution < -0.4 is 5.32 Å². The van der Waals surface area contributed by atoms with Crippen molar-refractivity contribution in [1.82, 2.24) is 10.2 Å². The molecule has 112 valence electrons. The predicted molar refractivity (Wildman–Crippen MR) is 81.6 cm³/mol. The molecule has 0 aromatic carbocycles. The second kappa shape index (κ2) is 9.18. The lowest BCUT2D eigenvalue weighted by Crippen LogP contribution is -2.40. The summed E-state index contributed by atoms with van der Waals surface area (Å²) < 4.78 is 5.41. The molecular formula is C15H31N3O. The van der Waals surface area contributed by atoms with E-state index in [1.165, 1.54) is 19.3 Å². The summed E-state index contributed by atoms with van der Waals surface area (Å²) in [5.41, 5.74) is 0. The molecule has 1 N–H and O–H groups in total. The lowest BCUT2D eigenvalue weighted by molar-refractivity contribution is 0.0625. The third kappa shape index (κ3) is 6.81. The first-order valence-corrected chi connectivity index (χ1v) is 7.70. The number of aliphatic imine (C=N–C) groups is 1. The van der Waals surface area contributed by atoms with E-state index < -0.39 is 0 Å². The zero-order chi connectivity index (χ0) is 14.1. The van der Waals surface area contributed by atoms with E-state index in [9.17, 15) is 0 Å². The minimum absolute atomic E-state index is 0.609. The van der Waals surface area contributed by atoms with E-state index >= 15 is 0 Å². The summed E-state index contributed by atoms with van der Waals surface area (Å²) in [6.45, 7) is 11.3. The molecule has 19 heavy (non-hydrogen) atoms. The molecule has 0 aromatic heterocycles. The highest BCUT2D eigenvalue weighted by Crippen LogP contribution is 2.18. The van der Waals surface area contributed by atoms with Gasteiger partial charge in [-0.1, -0.05) is 13.8 Å². The van der Waals surface area contributed by atoms with E-state index in [0.717, 1.165) is 44.7 Å². The Bertz CT molecular complexity index is 260. The Balaban J connectivity index is 2.37. The molecule has 0 bridgehead atoms. The van der Waals surface area contributed by atoms with Gasteiger partial charge >= 0.3 is 0 Å². The van der Waals surface area contributed by atoms with Gasteiger partial charge in [-0.15, -0.1) is 0 Å². The van der Waals surface area contributed by atoms with Gasteiger partial charge in [0.1, 0.15) is 0 Å². The Kier molecular flexibility index (Phi) is 7.87. The standard InChI is InChI=1S/C15H31N3O/c1-5-16-15(17-12-13(2)3)18(4)9-6-14-7-10-19-11-8-14/h13-14H,5-12H2,1-4H3,(H,16,17). The third-order valence-corrected chi connectivity index (χ3v) is 3.52. The molecule has 4 heteroatoms. The lowest BCUT2D eigenvalue weighted by Gasteiger charge is -2.27. The smallest absolute Gasteiger partial charge is 0.193 e. The van der Waals surface area contributed by atoms with Crippen LogP contribution in [-0.2, 0) is 4.74 Å². The summed E-state index contributed by atoms with van der Waals surface area (Å²) in [6.07, 6.45) is 3.67. The van der Waals surface area contributed by atoms with Crippen molar-refractivity contribution in [1.29, 1.82) is 0 Å². The molecule has 0 spiro atoms. The van der Waals surface area contributed by atoms with Crippen LogP contribution in [0.4, 0.5) is 0 Å². The fourth-order valence-corrected chi connectivity index (χ4v) is 2.26. The van der Waals surface area contributed by atoms with Crippen molar-refractivity contribution in [3.63, 3.8) is 0 Å². The highest BCUT2D eigenvalue weighted by atomic mass is 16.5. The Morgan fingerprint density at radius 1 is 1.37 bits per heavy atom. The highest BCUT2D eigenvalue weighted by molar-refractivity contribution is 5.79. The van der Waals surface area contributed by atoms with Crippen molar-refractivity contribution in [2.24, 2.45) is 16.8 Å². The average molecular weight is 269 g/mol. The molecule has 0 aromatic rings. The normalized spacial score (nSPS) is 17.8. The molecule has 0 radical (unpaired) electrons. The molecule has 1 rings (SSSR count). The van der Waals surface area contributed by atoms with E-state index in [4.69, 9.17) is 4.74 Å². The van der Waals surface area contributed by atoms with Crippen molar-refractivity contribution >= 4 is 5.96 Å². The van der Waals surface area contributed by atoms with E-state index in [1.807, 2.05) is 0 Å². The van der Waals surface area contributed by atoms with E-state index in [2.05, 4.69) is 43.0 Å².